The largest absolute Gasteiger partial charge is 0.462 e. The zero-order valence-electron chi connectivity index (χ0n) is 11.8. The molecule has 0 atom stereocenters. The molecule has 5 nitrogen and oxygen atoms in total. The number of hydrogen-bond acceptors (Lipinski definition) is 4. The lowest BCUT2D eigenvalue weighted by atomic mass is 10.1. The van der Waals surface area contributed by atoms with Crippen LogP contribution in [0.15, 0.2) is 6.07 Å². The molecule has 19 heavy (non-hydrogen) atoms. The van der Waals surface area contributed by atoms with Crippen molar-refractivity contribution in [2.45, 2.75) is 46.4 Å². The van der Waals surface area contributed by atoms with Crippen LogP contribution in [0.4, 0.5) is 0 Å². The second kappa shape index (κ2) is 4.81. The van der Waals surface area contributed by atoms with E-state index in [4.69, 9.17) is 9.47 Å². The van der Waals surface area contributed by atoms with Gasteiger partial charge in [-0.05, 0) is 26.8 Å². The van der Waals surface area contributed by atoms with Crippen LogP contribution in [0.1, 0.15) is 54.2 Å². The van der Waals surface area contributed by atoms with Crippen LogP contribution in [0.3, 0.4) is 0 Å². The number of fused-ring (bicyclic) bond motifs is 1. The standard InChI is InChI=1S/C14H19NO4/c1-5-18-13(17)10-6-11(9(2)16)15-8-14(3,4)19-7-12(10)15/h6H,5,7-8H2,1-4H3. The van der Waals surface area contributed by atoms with Gasteiger partial charge in [0.05, 0.1) is 42.3 Å². The quantitative estimate of drug-likeness (QED) is 0.621. The summed E-state index contributed by atoms with van der Waals surface area (Å²) >= 11 is 0. The molecule has 0 aromatic carbocycles. The van der Waals surface area contributed by atoms with Gasteiger partial charge in [0.25, 0.3) is 0 Å². The number of esters is 1. The van der Waals surface area contributed by atoms with Gasteiger partial charge in [0, 0.05) is 6.92 Å². The van der Waals surface area contributed by atoms with Crippen molar-refractivity contribution in [1.29, 1.82) is 0 Å². The van der Waals surface area contributed by atoms with Gasteiger partial charge < -0.3 is 14.0 Å². The number of carbonyl (C=O) groups is 2. The summed E-state index contributed by atoms with van der Waals surface area (Å²) < 4.78 is 12.6. The van der Waals surface area contributed by atoms with Gasteiger partial charge in [-0.2, -0.15) is 0 Å². The van der Waals surface area contributed by atoms with E-state index in [1.54, 1.807) is 13.0 Å². The summed E-state index contributed by atoms with van der Waals surface area (Å²) in [5, 5.41) is 0. The number of carbonyl (C=O) groups excluding carboxylic acids is 2. The van der Waals surface area contributed by atoms with Gasteiger partial charge in [-0.1, -0.05) is 0 Å². The lowest BCUT2D eigenvalue weighted by Gasteiger charge is -2.33. The van der Waals surface area contributed by atoms with Gasteiger partial charge in [-0.25, -0.2) is 4.79 Å². The molecule has 0 aliphatic carbocycles. The Balaban J connectivity index is 2.49. The van der Waals surface area contributed by atoms with Crippen molar-refractivity contribution in [3.8, 4) is 0 Å². The molecular formula is C14H19NO4. The minimum atomic E-state index is -0.401. The van der Waals surface area contributed by atoms with Gasteiger partial charge in [0.2, 0.25) is 0 Å². The first-order valence-electron chi connectivity index (χ1n) is 6.40. The molecule has 2 rings (SSSR count). The average Bonchev–Trinajstić information content (AvgIpc) is 2.66. The fourth-order valence-electron chi connectivity index (χ4n) is 2.29. The second-order valence-electron chi connectivity index (χ2n) is 5.30. The van der Waals surface area contributed by atoms with E-state index in [-0.39, 0.29) is 11.4 Å². The topological polar surface area (TPSA) is 57.5 Å². The summed E-state index contributed by atoms with van der Waals surface area (Å²) in [6.45, 7) is 8.36. The number of ketones is 1. The van der Waals surface area contributed by atoms with Gasteiger partial charge in [0.1, 0.15) is 0 Å². The molecule has 5 heteroatoms. The summed E-state index contributed by atoms with van der Waals surface area (Å²) in [6.07, 6.45) is 0. The van der Waals surface area contributed by atoms with E-state index in [2.05, 4.69) is 0 Å². The van der Waals surface area contributed by atoms with Crippen LogP contribution in [0.25, 0.3) is 0 Å². The predicted molar refractivity (Wildman–Crippen MR) is 69.3 cm³/mol. The van der Waals surface area contributed by atoms with Crippen LogP contribution in [-0.4, -0.2) is 28.5 Å². The summed E-state index contributed by atoms with van der Waals surface area (Å²) in [4.78, 5) is 23.6. The molecule has 2 heterocycles. The SMILES string of the molecule is CCOC(=O)c1cc(C(C)=O)n2c1COC(C)(C)C2. The number of hydrogen-bond donors (Lipinski definition) is 0. The summed E-state index contributed by atoms with van der Waals surface area (Å²) in [6, 6.07) is 1.61. The Bertz CT molecular complexity index is 528. The third-order valence-corrected chi connectivity index (χ3v) is 3.20. The van der Waals surface area contributed by atoms with Crippen LogP contribution >= 0.6 is 0 Å². The molecule has 0 N–H and O–H groups in total. The molecule has 1 aromatic heterocycles. The maximum atomic E-state index is 11.9. The monoisotopic (exact) mass is 265 g/mol. The molecule has 1 aliphatic rings. The molecule has 0 amide bonds. The Hall–Kier alpha value is -1.62. The zero-order valence-corrected chi connectivity index (χ0v) is 11.8. The Morgan fingerprint density at radius 3 is 2.74 bits per heavy atom. The fraction of sp³-hybridized carbons (Fsp3) is 0.571. The van der Waals surface area contributed by atoms with Crippen LogP contribution in [0.5, 0.6) is 0 Å². The molecule has 0 unspecified atom stereocenters. The predicted octanol–water partition coefficient (Wildman–Crippen LogP) is 2.18. The zero-order chi connectivity index (χ0) is 14.2. The Morgan fingerprint density at radius 2 is 2.16 bits per heavy atom. The van der Waals surface area contributed by atoms with E-state index < -0.39 is 5.97 Å². The summed E-state index contributed by atoms with van der Waals surface area (Å²) in [5.74, 6) is -0.462. The van der Waals surface area contributed by atoms with Crippen molar-refractivity contribution in [2.75, 3.05) is 6.61 Å². The minimum absolute atomic E-state index is 0.0606. The van der Waals surface area contributed by atoms with Gasteiger partial charge >= 0.3 is 5.97 Å². The molecule has 0 radical (unpaired) electrons. The highest BCUT2D eigenvalue weighted by Gasteiger charge is 2.32. The Labute approximate surface area is 112 Å². The fourth-order valence-corrected chi connectivity index (χ4v) is 2.29. The van der Waals surface area contributed by atoms with E-state index in [0.717, 1.165) is 5.69 Å². The van der Waals surface area contributed by atoms with Crippen molar-refractivity contribution < 1.29 is 19.1 Å². The molecule has 1 aliphatic heterocycles. The Morgan fingerprint density at radius 1 is 1.47 bits per heavy atom. The van der Waals surface area contributed by atoms with Gasteiger partial charge in [-0.3, -0.25) is 4.79 Å². The molecular weight excluding hydrogens is 246 g/mol. The molecule has 0 fully saturated rings. The normalized spacial score (nSPS) is 16.8. The highest BCUT2D eigenvalue weighted by Crippen LogP contribution is 2.29. The maximum absolute atomic E-state index is 11.9. The maximum Gasteiger partial charge on any atom is 0.340 e. The number of nitrogens with zero attached hydrogens (tertiary/aromatic N) is 1. The molecule has 0 spiro atoms. The van der Waals surface area contributed by atoms with Crippen LogP contribution in [0.2, 0.25) is 0 Å². The second-order valence-corrected chi connectivity index (χ2v) is 5.30. The van der Waals surface area contributed by atoms with E-state index >= 15 is 0 Å². The number of Topliss-reactive ketones (excluding diaryl/α,β-unsaturated/α-hetero) is 1. The van der Waals surface area contributed by atoms with Crippen molar-refractivity contribution in [3.63, 3.8) is 0 Å². The first-order chi connectivity index (χ1) is 8.85. The van der Waals surface area contributed by atoms with E-state index in [9.17, 15) is 9.59 Å². The molecule has 0 saturated carbocycles. The first-order valence-corrected chi connectivity index (χ1v) is 6.40. The van der Waals surface area contributed by atoms with Crippen LogP contribution < -0.4 is 0 Å². The highest BCUT2D eigenvalue weighted by atomic mass is 16.5. The number of ether oxygens (including phenoxy) is 2. The van der Waals surface area contributed by atoms with Crippen molar-refractivity contribution in [1.82, 2.24) is 4.57 Å². The summed E-state index contributed by atoms with van der Waals surface area (Å²) in [7, 11) is 0. The van der Waals surface area contributed by atoms with Gasteiger partial charge in [-0.15, -0.1) is 0 Å². The molecule has 1 aromatic rings. The molecule has 0 saturated heterocycles. The summed E-state index contributed by atoms with van der Waals surface area (Å²) in [5.41, 5.74) is 1.35. The highest BCUT2D eigenvalue weighted by molar-refractivity contribution is 5.98. The van der Waals surface area contributed by atoms with Crippen molar-refractivity contribution >= 4 is 11.8 Å². The van der Waals surface area contributed by atoms with Crippen LogP contribution in [0, 0.1) is 0 Å². The van der Waals surface area contributed by atoms with E-state index in [1.165, 1.54) is 6.92 Å². The lowest BCUT2D eigenvalue weighted by molar-refractivity contribution is -0.0633. The minimum Gasteiger partial charge on any atom is -0.462 e. The molecule has 0 bridgehead atoms. The lowest BCUT2D eigenvalue weighted by Crippen LogP contribution is -2.37. The molecule has 104 valence electrons. The number of rotatable bonds is 3. The van der Waals surface area contributed by atoms with E-state index in [1.807, 2.05) is 18.4 Å². The average molecular weight is 265 g/mol. The van der Waals surface area contributed by atoms with Crippen LogP contribution in [-0.2, 0) is 22.6 Å². The Kier molecular flexibility index (Phi) is 3.49. The van der Waals surface area contributed by atoms with E-state index in [0.29, 0.717) is 31.0 Å². The third-order valence-electron chi connectivity index (χ3n) is 3.20. The van der Waals surface area contributed by atoms with Crippen molar-refractivity contribution in [2.24, 2.45) is 0 Å². The third kappa shape index (κ3) is 2.56. The van der Waals surface area contributed by atoms with Gasteiger partial charge in [0.15, 0.2) is 5.78 Å². The first kappa shape index (κ1) is 13.8. The number of aromatic nitrogens is 1. The smallest absolute Gasteiger partial charge is 0.340 e. The van der Waals surface area contributed by atoms with Crippen molar-refractivity contribution in [3.05, 3.63) is 23.0 Å².